The Labute approximate surface area is 447 Å². The molecule has 0 heterocycles. The van der Waals surface area contributed by atoms with Crippen molar-refractivity contribution in [2.24, 2.45) is 17.3 Å². The van der Waals surface area contributed by atoms with E-state index in [9.17, 15) is 29.4 Å². The fourth-order valence-electron chi connectivity index (χ4n) is 11.1. The van der Waals surface area contributed by atoms with Gasteiger partial charge in [-0.3, -0.25) is 9.59 Å². The van der Waals surface area contributed by atoms with E-state index in [4.69, 9.17) is 20.9 Å². The molecule has 6 rings (SSSR count). The molecule has 75 heavy (non-hydrogen) atoms. The average molecular weight is 1020 g/mol. The molecule has 0 aliphatic heterocycles. The minimum Gasteiger partial charge on any atom is -0.459 e. The summed E-state index contributed by atoms with van der Waals surface area (Å²) >= 11 is 0. The van der Waals surface area contributed by atoms with Crippen molar-refractivity contribution in [2.75, 3.05) is 11.5 Å². The van der Waals surface area contributed by atoms with Crippen molar-refractivity contribution >= 4 is 47.0 Å². The van der Waals surface area contributed by atoms with Crippen LogP contribution in [0, 0.1) is 17.3 Å². The number of rotatable bonds is 30. The zero-order valence-corrected chi connectivity index (χ0v) is 45.0. The first-order chi connectivity index (χ1) is 36.2. The second kappa shape index (κ2) is 30.0. The van der Waals surface area contributed by atoms with Crippen LogP contribution < -0.4 is 11.5 Å². The molecular formula is C65H86N2O8. The summed E-state index contributed by atoms with van der Waals surface area (Å²) in [5, 5.41) is 24.6. The Balaban J connectivity index is 1.10. The lowest BCUT2D eigenvalue weighted by molar-refractivity contribution is -0.230. The minimum atomic E-state index is -3.07. The van der Waals surface area contributed by atoms with Gasteiger partial charge in [-0.2, -0.15) is 0 Å². The Morgan fingerprint density at radius 1 is 0.507 bits per heavy atom. The molecule has 2 aliphatic rings. The second-order valence-electron chi connectivity index (χ2n) is 21.9. The van der Waals surface area contributed by atoms with E-state index in [2.05, 4.69) is 13.8 Å². The third-order valence-corrected chi connectivity index (χ3v) is 15.9. The Kier molecular flexibility index (Phi) is 23.4. The van der Waals surface area contributed by atoms with Crippen LogP contribution in [0.5, 0.6) is 0 Å². The lowest BCUT2D eigenvalue weighted by atomic mass is 9.65. The van der Waals surface area contributed by atoms with Gasteiger partial charge in [0, 0.05) is 23.2 Å². The molecule has 0 unspecified atom stereocenters. The first-order valence-electron chi connectivity index (χ1n) is 28.4. The summed E-state index contributed by atoms with van der Waals surface area (Å²) in [6.45, 7) is 4.48. The second-order valence-corrected chi connectivity index (χ2v) is 21.9. The van der Waals surface area contributed by atoms with Crippen molar-refractivity contribution in [3.05, 3.63) is 143 Å². The number of ether oxygens (including phenoxy) is 2. The molecule has 404 valence electrons. The maximum atomic E-state index is 14.3. The van der Waals surface area contributed by atoms with E-state index in [1.54, 1.807) is 103 Å². The summed E-state index contributed by atoms with van der Waals surface area (Å²) in [5.74, 6) is -3.90. The number of anilines is 2. The Bertz CT molecular complexity index is 2380. The largest absolute Gasteiger partial charge is 0.459 e. The third kappa shape index (κ3) is 18.7. The van der Waals surface area contributed by atoms with Gasteiger partial charge in [-0.25, -0.2) is 9.59 Å². The number of nitrogen functional groups attached to an aromatic ring is 2. The molecule has 6 N–H and O–H groups in total. The van der Waals surface area contributed by atoms with Gasteiger partial charge in [-0.05, 0) is 159 Å². The predicted octanol–water partition coefficient (Wildman–Crippen LogP) is 14.2. The zero-order chi connectivity index (χ0) is 53.5. The van der Waals surface area contributed by atoms with E-state index in [-0.39, 0.29) is 31.0 Å². The Morgan fingerprint density at radius 2 is 0.880 bits per heavy atom. The molecule has 0 radical (unpaired) electrons. The highest BCUT2D eigenvalue weighted by molar-refractivity contribution is 6.01. The SMILES string of the molecule is CCCCCCCCC1CCC(OC(=O)c2ccc(/C=C/C(=O)CC(Cc3ccc(N)cc3)(Cc3ccc(N)cc3)C(O)(O)C(=O)/C=C/c3ccc(C(=O)OC4CCC(CCCCCCCC)CC4)cc3)cc2)CC1. The Hall–Kier alpha value is -5.84. The van der Waals surface area contributed by atoms with Crippen LogP contribution >= 0.6 is 0 Å². The number of carbonyl (C=O) groups is 4. The molecule has 10 heteroatoms. The van der Waals surface area contributed by atoms with Crippen LogP contribution in [-0.2, 0) is 31.9 Å². The van der Waals surface area contributed by atoms with Gasteiger partial charge in [-0.15, -0.1) is 0 Å². The number of carbonyl (C=O) groups excluding carboxylic acids is 4. The normalized spacial score (nSPS) is 18.3. The number of aliphatic hydroxyl groups is 2. The predicted molar refractivity (Wildman–Crippen MR) is 303 cm³/mol. The van der Waals surface area contributed by atoms with Gasteiger partial charge in [0.1, 0.15) is 12.2 Å². The van der Waals surface area contributed by atoms with E-state index in [1.807, 2.05) is 0 Å². The van der Waals surface area contributed by atoms with Crippen LogP contribution in [-0.4, -0.2) is 51.7 Å². The molecule has 4 aromatic carbocycles. The van der Waals surface area contributed by atoms with Crippen LogP contribution in [0.2, 0.25) is 0 Å². The van der Waals surface area contributed by atoms with Crippen molar-refractivity contribution in [1.29, 1.82) is 0 Å². The van der Waals surface area contributed by atoms with Crippen LogP contribution in [0.4, 0.5) is 11.4 Å². The maximum absolute atomic E-state index is 14.3. The molecule has 0 bridgehead atoms. The lowest BCUT2D eigenvalue weighted by Crippen LogP contribution is -2.57. The molecule has 0 atom stereocenters. The molecular weight excluding hydrogens is 937 g/mol. The molecule has 2 saturated carbocycles. The number of hydrogen-bond acceptors (Lipinski definition) is 10. The van der Waals surface area contributed by atoms with Gasteiger partial charge in [0.15, 0.2) is 5.78 Å². The van der Waals surface area contributed by atoms with Crippen LogP contribution in [0.3, 0.4) is 0 Å². The quantitative estimate of drug-likeness (QED) is 0.0129. The number of ketones is 2. The topological polar surface area (TPSA) is 179 Å². The van der Waals surface area contributed by atoms with E-state index >= 15 is 0 Å². The van der Waals surface area contributed by atoms with Gasteiger partial charge in [0.25, 0.3) is 0 Å². The fourth-order valence-corrected chi connectivity index (χ4v) is 11.1. The average Bonchev–Trinajstić information content (AvgIpc) is 3.41. The van der Waals surface area contributed by atoms with Crippen LogP contribution in [0.15, 0.2) is 109 Å². The highest BCUT2D eigenvalue weighted by Crippen LogP contribution is 2.43. The summed E-state index contributed by atoms with van der Waals surface area (Å²) < 4.78 is 11.8. The number of benzene rings is 4. The van der Waals surface area contributed by atoms with Crippen molar-refractivity contribution < 1.29 is 38.9 Å². The smallest absolute Gasteiger partial charge is 0.338 e. The van der Waals surface area contributed by atoms with E-state index in [0.717, 1.165) is 57.4 Å². The number of esters is 2. The van der Waals surface area contributed by atoms with Gasteiger partial charge < -0.3 is 31.2 Å². The van der Waals surface area contributed by atoms with Crippen LogP contribution in [0.1, 0.15) is 204 Å². The molecule has 4 aromatic rings. The van der Waals surface area contributed by atoms with Gasteiger partial charge in [0.05, 0.1) is 11.1 Å². The standard InChI is InChI=1S/C65H86N2O8/c1-3-5-7-9-11-13-15-48-26-40-59(41-27-48)74-62(70)54-31-17-50(18-32-54)25-39-58(68)47-64(45-52-21-35-56(66)36-22-52,46-53-23-37-57(67)38-24-53)65(72,73)61(69)44-30-51-19-33-55(34-20-51)63(71)75-60-42-28-49(29-43-60)16-14-12-10-8-6-4-2/h17-25,30-39,44,48-49,59-60,72-73H,3-16,26-29,40-43,45-47,66-67H2,1-2H3/b39-25+,44-30+. The molecule has 10 nitrogen and oxygen atoms in total. The lowest BCUT2D eigenvalue weighted by Gasteiger charge is -2.42. The monoisotopic (exact) mass is 1020 g/mol. The van der Waals surface area contributed by atoms with Crippen molar-refractivity contribution in [3.63, 3.8) is 0 Å². The molecule has 0 amide bonds. The summed E-state index contributed by atoms with van der Waals surface area (Å²) in [6.07, 6.45) is 30.6. The van der Waals surface area contributed by atoms with E-state index in [1.165, 1.54) is 102 Å². The number of unbranched alkanes of at least 4 members (excludes halogenated alkanes) is 10. The first kappa shape index (κ1) is 58.4. The molecule has 0 spiro atoms. The van der Waals surface area contributed by atoms with Gasteiger partial charge >= 0.3 is 11.9 Å². The highest BCUT2D eigenvalue weighted by Gasteiger charge is 2.54. The van der Waals surface area contributed by atoms with E-state index < -0.39 is 35.2 Å². The third-order valence-electron chi connectivity index (χ3n) is 15.9. The molecule has 2 fully saturated rings. The first-order valence-corrected chi connectivity index (χ1v) is 28.4. The van der Waals surface area contributed by atoms with Crippen molar-refractivity contribution in [1.82, 2.24) is 0 Å². The molecule has 0 saturated heterocycles. The Morgan fingerprint density at radius 3 is 1.28 bits per heavy atom. The molecule has 0 aromatic heterocycles. The summed E-state index contributed by atoms with van der Waals surface area (Å²) in [6, 6.07) is 27.2. The number of nitrogens with two attached hydrogens (primary N) is 2. The van der Waals surface area contributed by atoms with E-state index in [0.29, 0.717) is 56.6 Å². The maximum Gasteiger partial charge on any atom is 0.338 e. The van der Waals surface area contributed by atoms with Crippen molar-refractivity contribution in [2.45, 2.75) is 192 Å². The van der Waals surface area contributed by atoms with Crippen molar-refractivity contribution in [3.8, 4) is 0 Å². The minimum absolute atomic E-state index is 0.0843. The highest BCUT2D eigenvalue weighted by atomic mass is 16.5. The summed E-state index contributed by atoms with van der Waals surface area (Å²) in [7, 11) is 0. The van der Waals surface area contributed by atoms with Gasteiger partial charge in [0.2, 0.25) is 11.6 Å². The summed E-state index contributed by atoms with van der Waals surface area (Å²) in [4.78, 5) is 54.9. The number of allylic oxidation sites excluding steroid dienone is 1. The van der Waals surface area contributed by atoms with Crippen LogP contribution in [0.25, 0.3) is 12.2 Å². The fraction of sp³-hybridized carbons (Fsp3) is 0.508. The molecule has 2 aliphatic carbocycles. The zero-order valence-electron chi connectivity index (χ0n) is 45.0. The van der Waals surface area contributed by atoms with Gasteiger partial charge in [-0.1, -0.05) is 164 Å². The summed E-state index contributed by atoms with van der Waals surface area (Å²) in [5.41, 5.74) is 14.6. The number of hydrogen-bond donors (Lipinski definition) is 4.